The van der Waals surface area contributed by atoms with Gasteiger partial charge in [0.1, 0.15) is 0 Å². The zero-order valence-corrected chi connectivity index (χ0v) is 15.7. The summed E-state index contributed by atoms with van der Waals surface area (Å²) in [7, 11) is 0. The van der Waals surface area contributed by atoms with E-state index in [-0.39, 0.29) is 0 Å². The molecule has 0 atom stereocenters. The Morgan fingerprint density at radius 1 is 0.923 bits per heavy atom. The summed E-state index contributed by atoms with van der Waals surface area (Å²) in [5.41, 5.74) is 7.92. The molecule has 2 aliphatic rings. The minimum atomic E-state index is 0.971. The number of hydrogen-bond donors (Lipinski definition) is 0. The van der Waals surface area contributed by atoms with Crippen LogP contribution in [0.5, 0.6) is 0 Å². The lowest BCUT2D eigenvalue weighted by molar-refractivity contribution is 0.737. The van der Waals surface area contributed by atoms with Crippen molar-refractivity contribution in [1.29, 1.82) is 0 Å². The third-order valence-electron chi connectivity index (χ3n) is 5.35. The first-order valence-electron chi connectivity index (χ1n) is 9.73. The summed E-state index contributed by atoms with van der Waals surface area (Å²) in [5.74, 6) is 13.2. The number of rotatable bonds is 3. The van der Waals surface area contributed by atoms with Gasteiger partial charge >= 0.3 is 0 Å². The van der Waals surface area contributed by atoms with E-state index in [0.717, 1.165) is 19.3 Å². The highest BCUT2D eigenvalue weighted by Crippen LogP contribution is 2.42. The lowest BCUT2D eigenvalue weighted by Crippen LogP contribution is -2.08. The van der Waals surface area contributed by atoms with Gasteiger partial charge in [0.05, 0.1) is 0 Å². The minimum Gasteiger partial charge on any atom is -0.101 e. The Balaban J connectivity index is 1.82. The fourth-order valence-corrected chi connectivity index (χ4v) is 4.07. The Labute approximate surface area is 157 Å². The molecule has 0 N–H and O–H groups in total. The predicted molar refractivity (Wildman–Crippen MR) is 112 cm³/mol. The molecule has 128 valence electrons. The zero-order valence-electron chi connectivity index (χ0n) is 15.7. The molecule has 0 heteroatoms. The number of benzene rings is 2. The van der Waals surface area contributed by atoms with Crippen LogP contribution in [0.4, 0.5) is 0 Å². The van der Waals surface area contributed by atoms with Crippen molar-refractivity contribution in [3.8, 4) is 23.7 Å². The Hall–Kier alpha value is -2.70. The maximum absolute atomic E-state index is 3.44. The van der Waals surface area contributed by atoms with E-state index < -0.39 is 0 Å². The van der Waals surface area contributed by atoms with Crippen molar-refractivity contribution >= 4 is 16.3 Å². The highest BCUT2D eigenvalue weighted by Gasteiger charge is 2.23. The van der Waals surface area contributed by atoms with Crippen molar-refractivity contribution in [2.45, 2.75) is 52.4 Å². The standard InChI is InChI=1S/C26H24/c1-3-5-6-7-8-10-20-12-14-22-15-17-23-19(9-4-2)11-13-21-16-18-24(20)26(22)25(21)23/h11-12,14,16-18H,3,5-7,13,15H2,1-2H3. The van der Waals surface area contributed by atoms with E-state index in [1.807, 2.05) is 6.92 Å². The number of allylic oxidation sites excluding steroid dienone is 4. The average Bonchev–Trinajstić information content (AvgIpc) is 2.68. The molecule has 0 radical (unpaired) electrons. The van der Waals surface area contributed by atoms with Gasteiger partial charge in [-0.05, 0) is 65.3 Å². The molecule has 0 fully saturated rings. The molecule has 4 rings (SSSR count). The summed E-state index contributed by atoms with van der Waals surface area (Å²) in [6.45, 7) is 4.15. The van der Waals surface area contributed by atoms with E-state index in [1.165, 1.54) is 63.4 Å². The van der Waals surface area contributed by atoms with Crippen LogP contribution < -0.4 is 0 Å². The van der Waals surface area contributed by atoms with E-state index in [4.69, 9.17) is 0 Å². The van der Waals surface area contributed by atoms with Crippen LogP contribution in [0.3, 0.4) is 0 Å². The molecule has 0 unspecified atom stereocenters. The van der Waals surface area contributed by atoms with Crippen LogP contribution in [0.2, 0.25) is 0 Å². The summed E-state index contributed by atoms with van der Waals surface area (Å²) in [6, 6.07) is 9.05. The first-order valence-corrected chi connectivity index (χ1v) is 9.73. The zero-order chi connectivity index (χ0) is 17.9. The molecule has 2 aromatic carbocycles. The van der Waals surface area contributed by atoms with Gasteiger partial charge in [0.15, 0.2) is 0 Å². The number of hydrogen-bond acceptors (Lipinski definition) is 0. The minimum absolute atomic E-state index is 0.971. The Morgan fingerprint density at radius 3 is 2.62 bits per heavy atom. The van der Waals surface area contributed by atoms with Gasteiger partial charge in [-0.25, -0.2) is 0 Å². The predicted octanol–water partition coefficient (Wildman–Crippen LogP) is 6.22. The smallest absolute Gasteiger partial charge is 0.0324 e. The van der Waals surface area contributed by atoms with Crippen molar-refractivity contribution in [2.75, 3.05) is 0 Å². The normalized spacial score (nSPS) is 13.9. The number of unbranched alkanes of at least 4 members (excludes halogenated alkanes) is 3. The molecule has 26 heavy (non-hydrogen) atoms. The third kappa shape index (κ3) is 2.87. The van der Waals surface area contributed by atoms with Gasteiger partial charge in [-0.15, -0.1) is 5.92 Å². The first-order chi connectivity index (χ1) is 12.8. The molecule has 0 heterocycles. The highest BCUT2D eigenvalue weighted by atomic mass is 14.3. The van der Waals surface area contributed by atoms with Gasteiger partial charge in [-0.3, -0.25) is 0 Å². The van der Waals surface area contributed by atoms with E-state index >= 15 is 0 Å². The molecule has 0 amide bonds. The molecule has 0 saturated carbocycles. The first kappa shape index (κ1) is 16.8. The molecule has 0 bridgehead atoms. The molecule has 2 aliphatic carbocycles. The van der Waals surface area contributed by atoms with Crippen LogP contribution in [0.1, 0.15) is 61.8 Å². The molecule has 0 aliphatic heterocycles. The van der Waals surface area contributed by atoms with Crippen molar-refractivity contribution in [3.05, 3.63) is 64.2 Å². The van der Waals surface area contributed by atoms with Gasteiger partial charge in [0, 0.05) is 17.6 Å². The van der Waals surface area contributed by atoms with E-state index in [0.29, 0.717) is 0 Å². The molecule has 0 nitrogen and oxygen atoms in total. The van der Waals surface area contributed by atoms with Crippen LogP contribution in [0, 0.1) is 23.7 Å². The molecule has 2 aromatic rings. The van der Waals surface area contributed by atoms with Crippen LogP contribution in [-0.4, -0.2) is 0 Å². The largest absolute Gasteiger partial charge is 0.101 e. The molecular formula is C26H24. The van der Waals surface area contributed by atoms with E-state index in [2.05, 4.69) is 67.0 Å². The summed E-state index contributed by atoms with van der Waals surface area (Å²) in [4.78, 5) is 0. The van der Waals surface area contributed by atoms with Gasteiger partial charge in [-0.1, -0.05) is 67.9 Å². The Bertz CT molecular complexity index is 1050. The fraction of sp³-hybridized carbons (Fsp3) is 0.308. The quantitative estimate of drug-likeness (QED) is 0.461. The summed E-state index contributed by atoms with van der Waals surface area (Å²) < 4.78 is 0. The van der Waals surface area contributed by atoms with E-state index in [9.17, 15) is 0 Å². The fourth-order valence-electron chi connectivity index (χ4n) is 4.07. The Kier molecular flexibility index (Phi) is 4.69. The molecule has 0 saturated heterocycles. The van der Waals surface area contributed by atoms with Crippen molar-refractivity contribution in [3.63, 3.8) is 0 Å². The topological polar surface area (TPSA) is 0 Å². The lowest BCUT2D eigenvalue weighted by Gasteiger charge is -2.25. The average molecular weight is 336 g/mol. The summed E-state index contributed by atoms with van der Waals surface area (Å²) in [6.07, 6.45) is 11.3. The van der Waals surface area contributed by atoms with Crippen molar-refractivity contribution in [1.82, 2.24) is 0 Å². The maximum Gasteiger partial charge on any atom is 0.0324 e. The van der Waals surface area contributed by atoms with Crippen molar-refractivity contribution in [2.24, 2.45) is 0 Å². The molecule has 0 spiro atoms. The SMILES string of the molecule is CC#CC1=CCc2ccc3c(C#CCCCCC)ccc4c3c2C1=CC4. The molecule has 0 aromatic heterocycles. The van der Waals surface area contributed by atoms with Crippen LogP contribution in [-0.2, 0) is 12.8 Å². The van der Waals surface area contributed by atoms with Gasteiger partial charge in [-0.2, -0.15) is 0 Å². The summed E-state index contributed by atoms with van der Waals surface area (Å²) >= 11 is 0. The van der Waals surface area contributed by atoms with Gasteiger partial charge in [0.2, 0.25) is 0 Å². The second-order valence-corrected chi connectivity index (χ2v) is 7.07. The van der Waals surface area contributed by atoms with Crippen LogP contribution >= 0.6 is 0 Å². The maximum atomic E-state index is 3.44. The second kappa shape index (κ2) is 7.27. The molecular weight excluding hydrogens is 312 g/mol. The second-order valence-electron chi connectivity index (χ2n) is 7.07. The van der Waals surface area contributed by atoms with E-state index in [1.54, 1.807) is 0 Å². The lowest BCUT2D eigenvalue weighted by atomic mass is 9.78. The van der Waals surface area contributed by atoms with Gasteiger partial charge < -0.3 is 0 Å². The van der Waals surface area contributed by atoms with Crippen LogP contribution in [0.15, 0.2) is 42.0 Å². The highest BCUT2D eigenvalue weighted by molar-refractivity contribution is 6.06. The Morgan fingerprint density at radius 2 is 1.77 bits per heavy atom. The monoisotopic (exact) mass is 336 g/mol. The summed E-state index contributed by atoms with van der Waals surface area (Å²) in [5, 5.41) is 2.71. The van der Waals surface area contributed by atoms with Crippen molar-refractivity contribution < 1.29 is 0 Å². The third-order valence-corrected chi connectivity index (χ3v) is 5.35. The van der Waals surface area contributed by atoms with Crippen LogP contribution in [0.25, 0.3) is 16.3 Å². The van der Waals surface area contributed by atoms with Gasteiger partial charge in [0.25, 0.3) is 0 Å².